The van der Waals surface area contributed by atoms with Crippen molar-refractivity contribution in [3.63, 3.8) is 0 Å². The van der Waals surface area contributed by atoms with E-state index < -0.39 is 5.97 Å². The molecule has 1 unspecified atom stereocenters. The maximum atomic E-state index is 10.4. The average Bonchev–Trinajstić information content (AvgIpc) is 2.25. The molecule has 0 saturated carbocycles. The Kier molecular flexibility index (Phi) is 6.76. The zero-order chi connectivity index (χ0) is 12.1. The molecule has 0 amide bonds. The first-order chi connectivity index (χ1) is 7.52. The predicted molar refractivity (Wildman–Crippen MR) is 72.9 cm³/mol. The van der Waals surface area contributed by atoms with Gasteiger partial charge in [-0.25, -0.2) is 0 Å². The fraction of sp³-hybridized carbons (Fsp3) is 0.308. The van der Waals surface area contributed by atoms with E-state index in [4.69, 9.17) is 0 Å². The number of aliphatic carboxylic acids is 1. The van der Waals surface area contributed by atoms with E-state index in [1.807, 2.05) is 38.4 Å². The molecule has 0 radical (unpaired) electrons. The van der Waals surface area contributed by atoms with Crippen LogP contribution in [0, 0.1) is 0 Å². The van der Waals surface area contributed by atoms with E-state index in [0.717, 1.165) is 17.2 Å². The van der Waals surface area contributed by atoms with Crippen molar-refractivity contribution in [2.45, 2.75) is 13.0 Å². The molecule has 1 atom stereocenters. The molecule has 0 aliphatic rings. The quantitative estimate of drug-likeness (QED) is 0.794. The summed E-state index contributed by atoms with van der Waals surface area (Å²) in [5, 5.41) is 10.4. The van der Waals surface area contributed by atoms with E-state index in [1.165, 1.54) is 0 Å². The zero-order valence-electron chi connectivity index (χ0n) is 10.2. The summed E-state index contributed by atoms with van der Waals surface area (Å²) in [7, 11) is 3.98. The lowest BCUT2D eigenvalue weighted by Gasteiger charge is -2.22. The molecule has 0 aliphatic heterocycles. The Bertz CT molecular complexity index is 402. The van der Waals surface area contributed by atoms with Crippen LogP contribution in [-0.2, 0) is 4.79 Å². The van der Waals surface area contributed by atoms with Crippen molar-refractivity contribution >= 4 is 29.0 Å². The van der Waals surface area contributed by atoms with Crippen LogP contribution in [0.3, 0.4) is 0 Å². The molecule has 0 saturated heterocycles. The maximum absolute atomic E-state index is 10.4. The molecule has 1 aromatic rings. The Labute approximate surface area is 113 Å². The highest BCUT2D eigenvalue weighted by atomic mass is 79.9. The van der Waals surface area contributed by atoms with Crippen molar-refractivity contribution in [2.24, 2.45) is 0 Å². The van der Waals surface area contributed by atoms with Crippen LogP contribution >= 0.6 is 17.0 Å². The molecular weight excluding hydrogens is 282 g/mol. The van der Waals surface area contributed by atoms with Gasteiger partial charge in [0.25, 0.3) is 0 Å². The van der Waals surface area contributed by atoms with Crippen LogP contribution in [0.1, 0.15) is 24.1 Å². The minimum absolute atomic E-state index is 0. The maximum Gasteiger partial charge on any atom is 0.0643 e. The molecule has 0 spiro atoms. The summed E-state index contributed by atoms with van der Waals surface area (Å²) < 4.78 is 0. The largest absolute Gasteiger partial charge is 0.545 e. The molecule has 0 bridgehead atoms. The number of nitrogens with zero attached hydrogens (tertiary/aromatic N) is 1. The second-order valence-corrected chi connectivity index (χ2v) is 3.92. The number of rotatable bonds is 4. The minimum Gasteiger partial charge on any atom is -0.545 e. The average molecular weight is 299 g/mol. The Balaban J connectivity index is 0.00000256. The third kappa shape index (κ3) is 4.71. The summed E-state index contributed by atoms with van der Waals surface area (Å²) >= 11 is 0. The number of carbonyl (C=O) groups excluding carboxylic acids is 1. The summed E-state index contributed by atoms with van der Waals surface area (Å²) in [4.78, 5) is 12.5. The Morgan fingerprint density at radius 1 is 1.35 bits per heavy atom. The SMILES string of the molecule is Br.CC(c1ccccc1/C=C/C(=O)[O-])N(C)C. The molecule has 17 heavy (non-hydrogen) atoms. The summed E-state index contributed by atoms with van der Waals surface area (Å²) in [6, 6.07) is 7.98. The number of hydrogen-bond donors (Lipinski definition) is 0. The highest BCUT2D eigenvalue weighted by Gasteiger charge is 2.09. The topological polar surface area (TPSA) is 43.4 Å². The van der Waals surface area contributed by atoms with Crippen molar-refractivity contribution in [1.29, 1.82) is 0 Å². The first-order valence-corrected chi connectivity index (χ1v) is 5.16. The summed E-state index contributed by atoms with van der Waals surface area (Å²) in [5.74, 6) is -1.17. The number of halogens is 1. The second-order valence-electron chi connectivity index (χ2n) is 3.92. The molecule has 0 aromatic heterocycles. The molecule has 94 valence electrons. The number of benzene rings is 1. The van der Waals surface area contributed by atoms with E-state index in [0.29, 0.717) is 0 Å². The van der Waals surface area contributed by atoms with Crippen LogP contribution in [0.4, 0.5) is 0 Å². The molecule has 1 rings (SSSR count). The van der Waals surface area contributed by atoms with E-state index in [-0.39, 0.29) is 23.0 Å². The van der Waals surface area contributed by atoms with Gasteiger partial charge in [-0.3, -0.25) is 0 Å². The van der Waals surface area contributed by atoms with Crippen LogP contribution < -0.4 is 5.11 Å². The van der Waals surface area contributed by atoms with Gasteiger partial charge in [0, 0.05) is 6.04 Å². The highest BCUT2D eigenvalue weighted by Crippen LogP contribution is 2.22. The molecule has 3 nitrogen and oxygen atoms in total. The van der Waals surface area contributed by atoms with E-state index in [9.17, 15) is 9.90 Å². The second kappa shape index (κ2) is 7.25. The molecular formula is C13H17BrNO2-. The van der Waals surface area contributed by atoms with Crippen LogP contribution in [0.2, 0.25) is 0 Å². The molecule has 4 heteroatoms. The fourth-order valence-corrected chi connectivity index (χ4v) is 1.48. The predicted octanol–water partition coefficient (Wildman–Crippen LogP) is 1.65. The first kappa shape index (κ1) is 15.9. The van der Waals surface area contributed by atoms with Gasteiger partial charge < -0.3 is 14.8 Å². The minimum atomic E-state index is -1.17. The van der Waals surface area contributed by atoms with E-state index in [2.05, 4.69) is 11.8 Å². The van der Waals surface area contributed by atoms with Gasteiger partial charge in [-0.2, -0.15) is 0 Å². The lowest BCUT2D eigenvalue weighted by atomic mass is 10.0. The molecule has 0 heterocycles. The number of carboxylic acid groups (broad SMARTS) is 1. The van der Waals surface area contributed by atoms with Crippen LogP contribution in [-0.4, -0.2) is 25.0 Å². The third-order valence-corrected chi connectivity index (χ3v) is 2.62. The molecule has 0 fully saturated rings. The zero-order valence-corrected chi connectivity index (χ0v) is 11.9. The van der Waals surface area contributed by atoms with Crippen LogP contribution in [0.15, 0.2) is 30.3 Å². The Morgan fingerprint density at radius 2 is 1.94 bits per heavy atom. The van der Waals surface area contributed by atoms with Gasteiger partial charge in [-0.15, -0.1) is 17.0 Å². The highest BCUT2D eigenvalue weighted by molar-refractivity contribution is 8.93. The summed E-state index contributed by atoms with van der Waals surface area (Å²) in [5.41, 5.74) is 2.01. The summed E-state index contributed by atoms with van der Waals surface area (Å²) in [6.07, 6.45) is 2.63. The Hall–Kier alpha value is -1.13. The van der Waals surface area contributed by atoms with Gasteiger partial charge in [0.15, 0.2) is 0 Å². The van der Waals surface area contributed by atoms with Crippen molar-refractivity contribution in [2.75, 3.05) is 14.1 Å². The lowest BCUT2D eigenvalue weighted by molar-refractivity contribution is -0.297. The third-order valence-electron chi connectivity index (χ3n) is 2.62. The van der Waals surface area contributed by atoms with Gasteiger partial charge in [-0.05, 0) is 38.2 Å². The number of carboxylic acids is 1. The van der Waals surface area contributed by atoms with Crippen molar-refractivity contribution in [3.8, 4) is 0 Å². The van der Waals surface area contributed by atoms with Gasteiger partial charge in [0.1, 0.15) is 0 Å². The van der Waals surface area contributed by atoms with Gasteiger partial charge in [0.05, 0.1) is 5.97 Å². The molecule has 0 aliphatic carbocycles. The van der Waals surface area contributed by atoms with E-state index >= 15 is 0 Å². The molecule has 1 aromatic carbocycles. The van der Waals surface area contributed by atoms with Crippen LogP contribution in [0.25, 0.3) is 6.08 Å². The normalized spacial score (nSPS) is 12.5. The standard InChI is InChI=1S/C13H17NO2.BrH/c1-10(14(2)3)12-7-5-4-6-11(12)8-9-13(15)16;/h4-10H,1-3H3,(H,15,16);1H/p-1/b9-8+;. The fourth-order valence-electron chi connectivity index (χ4n) is 1.48. The van der Waals surface area contributed by atoms with Crippen molar-refractivity contribution < 1.29 is 9.90 Å². The van der Waals surface area contributed by atoms with Gasteiger partial charge in [-0.1, -0.05) is 30.3 Å². The van der Waals surface area contributed by atoms with Crippen molar-refractivity contribution in [3.05, 3.63) is 41.5 Å². The first-order valence-electron chi connectivity index (χ1n) is 5.16. The molecule has 0 N–H and O–H groups in total. The monoisotopic (exact) mass is 298 g/mol. The van der Waals surface area contributed by atoms with Gasteiger partial charge in [0.2, 0.25) is 0 Å². The van der Waals surface area contributed by atoms with Gasteiger partial charge >= 0.3 is 0 Å². The number of hydrogen-bond acceptors (Lipinski definition) is 3. The number of carbonyl (C=O) groups is 1. The smallest absolute Gasteiger partial charge is 0.0643 e. The van der Waals surface area contributed by atoms with E-state index in [1.54, 1.807) is 6.08 Å². The van der Waals surface area contributed by atoms with Crippen molar-refractivity contribution in [1.82, 2.24) is 4.90 Å². The summed E-state index contributed by atoms with van der Waals surface area (Å²) in [6.45, 7) is 2.08. The van der Waals surface area contributed by atoms with Crippen LogP contribution in [0.5, 0.6) is 0 Å². The lowest BCUT2D eigenvalue weighted by Crippen LogP contribution is -2.19. The Morgan fingerprint density at radius 3 is 2.47 bits per heavy atom.